The van der Waals surface area contributed by atoms with Gasteiger partial charge in [-0.3, -0.25) is 0 Å². The number of nitrogens with two attached hydrogens (primary N) is 1. The van der Waals surface area contributed by atoms with Crippen LogP contribution in [0.3, 0.4) is 0 Å². The first kappa shape index (κ1) is 11.2. The molecule has 0 saturated carbocycles. The van der Waals surface area contributed by atoms with E-state index in [4.69, 9.17) is 5.73 Å². The van der Waals surface area contributed by atoms with Gasteiger partial charge in [0, 0.05) is 9.75 Å². The van der Waals surface area contributed by atoms with Crippen molar-refractivity contribution in [3.05, 3.63) is 27.7 Å². The number of rotatable bonds is 4. The summed E-state index contributed by atoms with van der Waals surface area (Å²) in [6.07, 6.45) is 1.07. The Labute approximate surface area is 98.3 Å². The third-order valence-electron chi connectivity index (χ3n) is 2.34. The van der Waals surface area contributed by atoms with Crippen LogP contribution < -0.4 is 5.73 Å². The zero-order valence-corrected chi connectivity index (χ0v) is 10.2. The molecule has 1 unspecified atom stereocenters. The molecule has 2 heterocycles. The standard InChI is InChI=1S/C10H15N5S/c1-3-8-4-5-9(16-8)6-15-10(7(2)11)12-13-14-15/h4-5,7H,3,6,11H2,1-2H3. The van der Waals surface area contributed by atoms with Gasteiger partial charge in [0.15, 0.2) is 5.82 Å². The van der Waals surface area contributed by atoms with Crippen molar-refractivity contribution in [2.24, 2.45) is 5.73 Å². The summed E-state index contributed by atoms with van der Waals surface area (Å²) in [6, 6.07) is 4.13. The second kappa shape index (κ2) is 4.71. The smallest absolute Gasteiger partial charge is 0.168 e. The SMILES string of the molecule is CCc1ccc(Cn2nnnc2C(C)N)s1. The van der Waals surface area contributed by atoms with Crippen LogP contribution in [0.25, 0.3) is 0 Å². The van der Waals surface area contributed by atoms with E-state index in [1.165, 1.54) is 9.75 Å². The van der Waals surface area contributed by atoms with Crippen molar-refractivity contribution in [2.75, 3.05) is 0 Å². The minimum atomic E-state index is -0.138. The summed E-state index contributed by atoms with van der Waals surface area (Å²) < 4.78 is 1.76. The molecule has 0 radical (unpaired) electrons. The number of tetrazole rings is 1. The molecule has 0 aromatic carbocycles. The van der Waals surface area contributed by atoms with Crippen molar-refractivity contribution in [3.63, 3.8) is 0 Å². The molecule has 0 aliphatic carbocycles. The van der Waals surface area contributed by atoms with Gasteiger partial charge in [-0.15, -0.1) is 16.4 Å². The lowest BCUT2D eigenvalue weighted by Gasteiger charge is -2.04. The van der Waals surface area contributed by atoms with Crippen LogP contribution in [0.1, 0.15) is 35.5 Å². The van der Waals surface area contributed by atoms with E-state index in [1.54, 1.807) is 16.0 Å². The third-order valence-corrected chi connectivity index (χ3v) is 3.55. The van der Waals surface area contributed by atoms with Gasteiger partial charge < -0.3 is 5.73 Å². The minimum absolute atomic E-state index is 0.138. The molecule has 0 fully saturated rings. The molecule has 0 bridgehead atoms. The Morgan fingerprint density at radius 2 is 2.19 bits per heavy atom. The number of hydrogen-bond donors (Lipinski definition) is 1. The predicted octanol–water partition coefficient (Wildman–Crippen LogP) is 1.36. The monoisotopic (exact) mass is 237 g/mol. The van der Waals surface area contributed by atoms with E-state index in [-0.39, 0.29) is 6.04 Å². The molecule has 2 rings (SSSR count). The Balaban J connectivity index is 2.17. The second-order valence-electron chi connectivity index (χ2n) is 3.70. The van der Waals surface area contributed by atoms with Gasteiger partial charge in [-0.25, -0.2) is 4.68 Å². The van der Waals surface area contributed by atoms with Crippen molar-refractivity contribution in [1.29, 1.82) is 0 Å². The van der Waals surface area contributed by atoms with E-state index in [9.17, 15) is 0 Å². The fraction of sp³-hybridized carbons (Fsp3) is 0.500. The van der Waals surface area contributed by atoms with Crippen LogP contribution in [0, 0.1) is 0 Å². The predicted molar refractivity (Wildman–Crippen MR) is 63.2 cm³/mol. The molecule has 1 atom stereocenters. The van der Waals surface area contributed by atoms with Gasteiger partial charge in [0.1, 0.15) is 0 Å². The van der Waals surface area contributed by atoms with Crippen LogP contribution in [-0.2, 0) is 13.0 Å². The molecular weight excluding hydrogens is 222 g/mol. The number of aryl methyl sites for hydroxylation is 1. The van der Waals surface area contributed by atoms with Gasteiger partial charge >= 0.3 is 0 Å². The lowest BCUT2D eigenvalue weighted by molar-refractivity contribution is 0.592. The van der Waals surface area contributed by atoms with Crippen molar-refractivity contribution < 1.29 is 0 Å². The van der Waals surface area contributed by atoms with Crippen LogP contribution in [0.15, 0.2) is 12.1 Å². The second-order valence-corrected chi connectivity index (χ2v) is 4.96. The van der Waals surface area contributed by atoms with E-state index in [0.29, 0.717) is 6.54 Å². The topological polar surface area (TPSA) is 69.6 Å². The van der Waals surface area contributed by atoms with Crippen LogP contribution in [0.5, 0.6) is 0 Å². The molecule has 2 N–H and O–H groups in total. The average molecular weight is 237 g/mol. The van der Waals surface area contributed by atoms with E-state index in [1.807, 2.05) is 6.92 Å². The van der Waals surface area contributed by atoms with Crippen LogP contribution >= 0.6 is 11.3 Å². The first-order valence-corrected chi connectivity index (χ1v) is 6.11. The Morgan fingerprint density at radius 1 is 1.44 bits per heavy atom. The van der Waals surface area contributed by atoms with Gasteiger partial charge in [0.2, 0.25) is 0 Å². The highest BCUT2D eigenvalue weighted by molar-refractivity contribution is 7.11. The molecule has 86 valence electrons. The number of nitrogens with zero attached hydrogens (tertiary/aromatic N) is 4. The number of thiophene rings is 1. The molecule has 0 aliphatic rings. The molecule has 0 spiro atoms. The summed E-state index contributed by atoms with van der Waals surface area (Å²) in [5, 5.41) is 11.5. The first-order chi connectivity index (χ1) is 7.70. The summed E-state index contributed by atoms with van der Waals surface area (Å²) in [6.45, 7) is 4.74. The van der Waals surface area contributed by atoms with Crippen LogP contribution in [0.2, 0.25) is 0 Å². The highest BCUT2D eigenvalue weighted by Crippen LogP contribution is 2.18. The fourth-order valence-electron chi connectivity index (χ4n) is 1.50. The maximum atomic E-state index is 5.78. The Kier molecular flexibility index (Phi) is 3.31. The van der Waals surface area contributed by atoms with E-state index >= 15 is 0 Å². The van der Waals surface area contributed by atoms with Crippen molar-refractivity contribution in [1.82, 2.24) is 20.2 Å². The van der Waals surface area contributed by atoms with Crippen molar-refractivity contribution in [2.45, 2.75) is 32.9 Å². The highest BCUT2D eigenvalue weighted by atomic mass is 32.1. The molecule has 2 aromatic heterocycles. The third kappa shape index (κ3) is 2.28. The Morgan fingerprint density at radius 3 is 2.81 bits per heavy atom. The fourth-order valence-corrected chi connectivity index (χ4v) is 2.44. The summed E-state index contributed by atoms with van der Waals surface area (Å²) in [7, 11) is 0. The van der Waals surface area contributed by atoms with Gasteiger partial charge in [0.25, 0.3) is 0 Å². The molecule has 16 heavy (non-hydrogen) atoms. The number of hydrogen-bond acceptors (Lipinski definition) is 5. The zero-order valence-electron chi connectivity index (χ0n) is 9.42. The van der Waals surface area contributed by atoms with Gasteiger partial charge in [0.05, 0.1) is 12.6 Å². The molecule has 2 aromatic rings. The molecule has 0 aliphatic heterocycles. The van der Waals surface area contributed by atoms with E-state index in [2.05, 4.69) is 34.6 Å². The highest BCUT2D eigenvalue weighted by Gasteiger charge is 2.11. The van der Waals surface area contributed by atoms with E-state index in [0.717, 1.165) is 12.2 Å². The molecule has 5 nitrogen and oxygen atoms in total. The van der Waals surface area contributed by atoms with Gasteiger partial charge in [-0.05, 0) is 35.9 Å². The Bertz CT molecular complexity index is 459. The average Bonchev–Trinajstić information content (AvgIpc) is 2.87. The lowest BCUT2D eigenvalue weighted by Crippen LogP contribution is -2.14. The first-order valence-electron chi connectivity index (χ1n) is 5.30. The summed E-state index contributed by atoms with van der Waals surface area (Å²) in [4.78, 5) is 2.64. The minimum Gasteiger partial charge on any atom is -0.322 e. The normalized spacial score (nSPS) is 12.9. The van der Waals surface area contributed by atoms with Crippen molar-refractivity contribution >= 4 is 11.3 Å². The Hall–Kier alpha value is -1.27. The summed E-state index contributed by atoms with van der Waals surface area (Å²) >= 11 is 1.79. The maximum Gasteiger partial charge on any atom is 0.168 e. The maximum absolute atomic E-state index is 5.78. The molecule has 0 saturated heterocycles. The molecule has 6 heteroatoms. The zero-order chi connectivity index (χ0) is 11.5. The summed E-state index contributed by atoms with van der Waals surface area (Å²) in [5.41, 5.74) is 5.78. The van der Waals surface area contributed by atoms with E-state index < -0.39 is 0 Å². The molecular formula is C10H15N5S. The van der Waals surface area contributed by atoms with Crippen LogP contribution in [0.4, 0.5) is 0 Å². The largest absolute Gasteiger partial charge is 0.322 e. The van der Waals surface area contributed by atoms with Gasteiger partial charge in [-0.1, -0.05) is 6.92 Å². The lowest BCUT2D eigenvalue weighted by atomic mass is 10.3. The molecule has 0 amide bonds. The van der Waals surface area contributed by atoms with Crippen molar-refractivity contribution in [3.8, 4) is 0 Å². The summed E-state index contributed by atoms with van der Waals surface area (Å²) in [5.74, 6) is 0.728. The van der Waals surface area contributed by atoms with Gasteiger partial charge in [-0.2, -0.15) is 0 Å². The number of aromatic nitrogens is 4. The quantitative estimate of drug-likeness (QED) is 0.871. The van der Waals surface area contributed by atoms with Crippen LogP contribution in [-0.4, -0.2) is 20.2 Å².